The standard InChI is InChI=1S/C10H17N7S/c11-15-13-6-10(7-14-16-12)9-2-1-4-17(8-18)5-3-9/h8-10H,1-7H2. The van der Waals surface area contributed by atoms with Crippen LogP contribution in [0.4, 0.5) is 0 Å². The molecule has 18 heavy (non-hydrogen) atoms. The minimum atomic E-state index is 0.141. The Morgan fingerprint density at radius 1 is 1.22 bits per heavy atom. The molecule has 0 aliphatic carbocycles. The van der Waals surface area contributed by atoms with Crippen molar-refractivity contribution in [2.75, 3.05) is 26.2 Å². The normalized spacial score (nSPS) is 21.1. The van der Waals surface area contributed by atoms with Crippen LogP contribution in [0.1, 0.15) is 19.3 Å². The fourth-order valence-electron chi connectivity index (χ4n) is 2.36. The Morgan fingerprint density at radius 3 is 2.44 bits per heavy atom. The maximum atomic E-state index is 8.40. The maximum absolute atomic E-state index is 8.40. The van der Waals surface area contributed by atoms with Crippen LogP contribution in [0.5, 0.6) is 0 Å². The van der Waals surface area contributed by atoms with E-state index in [1.807, 2.05) is 0 Å². The van der Waals surface area contributed by atoms with E-state index in [0.29, 0.717) is 19.0 Å². The van der Waals surface area contributed by atoms with Crippen LogP contribution in [-0.4, -0.2) is 36.6 Å². The quantitative estimate of drug-likeness (QED) is 0.319. The highest BCUT2D eigenvalue weighted by molar-refractivity contribution is 7.78. The van der Waals surface area contributed by atoms with Gasteiger partial charge in [0, 0.05) is 36.0 Å². The molecule has 1 rings (SSSR count). The molecule has 0 spiro atoms. The minimum absolute atomic E-state index is 0.141. The number of azide groups is 2. The number of hydrogen-bond acceptors (Lipinski definition) is 3. The molecule has 0 aromatic rings. The Hall–Kier alpha value is -1.49. The van der Waals surface area contributed by atoms with E-state index in [-0.39, 0.29) is 5.92 Å². The summed E-state index contributed by atoms with van der Waals surface area (Å²) in [6, 6.07) is 0. The zero-order chi connectivity index (χ0) is 13.2. The number of hydrogen-bond donors (Lipinski definition) is 0. The lowest BCUT2D eigenvalue weighted by molar-refractivity contribution is 0.311. The van der Waals surface area contributed by atoms with Crippen LogP contribution >= 0.6 is 12.2 Å². The molecule has 0 radical (unpaired) electrons. The Labute approximate surface area is 111 Å². The number of thiocarbonyl (C=S) groups is 1. The maximum Gasteiger partial charge on any atom is 0.0640 e. The molecular formula is C10H17N7S. The molecule has 1 saturated heterocycles. The highest BCUT2D eigenvalue weighted by Gasteiger charge is 2.23. The lowest BCUT2D eigenvalue weighted by Crippen LogP contribution is -2.24. The Kier molecular flexibility index (Phi) is 6.94. The Bertz CT molecular complexity index is 339. The zero-order valence-electron chi connectivity index (χ0n) is 10.2. The van der Waals surface area contributed by atoms with Gasteiger partial charge in [0.2, 0.25) is 0 Å². The van der Waals surface area contributed by atoms with E-state index in [1.165, 1.54) is 0 Å². The zero-order valence-corrected chi connectivity index (χ0v) is 11.0. The first-order valence-electron chi connectivity index (χ1n) is 6.03. The van der Waals surface area contributed by atoms with Crippen LogP contribution in [0.3, 0.4) is 0 Å². The Balaban J connectivity index is 2.62. The van der Waals surface area contributed by atoms with Gasteiger partial charge in [-0.25, -0.2) is 0 Å². The van der Waals surface area contributed by atoms with Gasteiger partial charge in [0.25, 0.3) is 0 Å². The van der Waals surface area contributed by atoms with Crippen molar-refractivity contribution in [3.8, 4) is 0 Å². The summed E-state index contributed by atoms with van der Waals surface area (Å²) in [5.74, 6) is 0.572. The molecule has 1 heterocycles. The van der Waals surface area contributed by atoms with Gasteiger partial charge in [0.1, 0.15) is 0 Å². The molecule has 1 fully saturated rings. The number of nitrogens with zero attached hydrogens (tertiary/aromatic N) is 7. The molecule has 1 aliphatic heterocycles. The molecular weight excluding hydrogens is 250 g/mol. The van der Waals surface area contributed by atoms with E-state index in [0.717, 1.165) is 32.4 Å². The first-order chi connectivity index (χ1) is 8.81. The van der Waals surface area contributed by atoms with Crippen molar-refractivity contribution >= 4 is 17.7 Å². The number of likely N-dealkylation sites (tertiary alicyclic amines) is 1. The van der Waals surface area contributed by atoms with Crippen molar-refractivity contribution in [2.45, 2.75) is 19.3 Å². The van der Waals surface area contributed by atoms with Gasteiger partial charge in [0.05, 0.1) is 5.49 Å². The van der Waals surface area contributed by atoms with E-state index in [9.17, 15) is 0 Å². The highest BCUT2D eigenvalue weighted by Crippen LogP contribution is 2.25. The van der Waals surface area contributed by atoms with Gasteiger partial charge < -0.3 is 4.90 Å². The van der Waals surface area contributed by atoms with Crippen molar-refractivity contribution < 1.29 is 0 Å². The summed E-state index contributed by atoms with van der Waals surface area (Å²) < 4.78 is 0. The van der Waals surface area contributed by atoms with Crippen LogP contribution in [0.15, 0.2) is 10.2 Å². The summed E-state index contributed by atoms with van der Waals surface area (Å²) in [5, 5.41) is 7.25. The lowest BCUT2D eigenvalue weighted by Gasteiger charge is -2.23. The second-order valence-electron chi connectivity index (χ2n) is 4.42. The molecule has 0 saturated carbocycles. The van der Waals surface area contributed by atoms with E-state index in [2.05, 4.69) is 25.0 Å². The third kappa shape index (κ3) is 4.79. The summed E-state index contributed by atoms with van der Waals surface area (Å²) in [7, 11) is 0. The third-order valence-corrected chi connectivity index (χ3v) is 3.68. The summed E-state index contributed by atoms with van der Waals surface area (Å²) in [4.78, 5) is 7.71. The molecule has 8 heteroatoms. The largest absolute Gasteiger partial charge is 0.369 e. The van der Waals surface area contributed by atoms with Gasteiger partial charge in [-0.2, -0.15) is 0 Å². The first kappa shape index (κ1) is 14.6. The predicted octanol–water partition coefficient (Wildman–Crippen LogP) is 3.28. The summed E-state index contributed by atoms with van der Waals surface area (Å²) >= 11 is 4.94. The van der Waals surface area contributed by atoms with E-state index >= 15 is 0 Å². The first-order valence-corrected chi connectivity index (χ1v) is 6.50. The van der Waals surface area contributed by atoms with Gasteiger partial charge in [-0.1, -0.05) is 22.4 Å². The van der Waals surface area contributed by atoms with E-state index in [1.54, 1.807) is 5.49 Å². The Morgan fingerprint density at radius 2 is 1.89 bits per heavy atom. The fourth-order valence-corrected chi connectivity index (χ4v) is 2.57. The van der Waals surface area contributed by atoms with Crippen molar-refractivity contribution in [1.82, 2.24) is 4.90 Å². The average molecular weight is 267 g/mol. The van der Waals surface area contributed by atoms with Crippen molar-refractivity contribution in [3.05, 3.63) is 20.9 Å². The van der Waals surface area contributed by atoms with Gasteiger partial charge >= 0.3 is 0 Å². The lowest BCUT2D eigenvalue weighted by atomic mass is 9.86. The molecule has 0 bridgehead atoms. The molecule has 98 valence electrons. The smallest absolute Gasteiger partial charge is 0.0640 e. The van der Waals surface area contributed by atoms with Gasteiger partial charge in [0.15, 0.2) is 0 Å². The third-order valence-electron chi connectivity index (χ3n) is 3.38. The molecule has 0 N–H and O–H groups in total. The monoisotopic (exact) mass is 267 g/mol. The van der Waals surface area contributed by atoms with Crippen LogP contribution < -0.4 is 0 Å². The van der Waals surface area contributed by atoms with Crippen molar-refractivity contribution in [2.24, 2.45) is 22.1 Å². The van der Waals surface area contributed by atoms with Crippen LogP contribution in [0.2, 0.25) is 0 Å². The van der Waals surface area contributed by atoms with Gasteiger partial charge in [-0.3, -0.25) is 0 Å². The van der Waals surface area contributed by atoms with E-state index in [4.69, 9.17) is 23.3 Å². The molecule has 1 atom stereocenters. The second-order valence-corrected chi connectivity index (χ2v) is 4.63. The SMILES string of the molecule is [N-]=[N+]=NCC(CN=[N+]=[N-])C1CCCN(C=S)CC1. The van der Waals surface area contributed by atoms with Crippen LogP contribution in [0.25, 0.3) is 20.9 Å². The minimum Gasteiger partial charge on any atom is -0.369 e. The number of rotatable bonds is 6. The summed E-state index contributed by atoms with van der Waals surface area (Å²) in [6.45, 7) is 2.71. The second kappa shape index (κ2) is 8.58. The molecule has 1 aliphatic rings. The van der Waals surface area contributed by atoms with Crippen molar-refractivity contribution in [1.29, 1.82) is 0 Å². The average Bonchev–Trinajstić information content (AvgIpc) is 2.64. The predicted molar refractivity (Wildman–Crippen MR) is 74.1 cm³/mol. The summed E-state index contributed by atoms with van der Waals surface area (Å²) in [5.41, 5.74) is 18.5. The van der Waals surface area contributed by atoms with Crippen LogP contribution in [-0.2, 0) is 0 Å². The summed E-state index contributed by atoms with van der Waals surface area (Å²) in [6.07, 6.45) is 3.13. The molecule has 0 aromatic carbocycles. The topological polar surface area (TPSA) is 101 Å². The fraction of sp³-hybridized carbons (Fsp3) is 0.900. The molecule has 1 unspecified atom stereocenters. The van der Waals surface area contributed by atoms with Gasteiger partial charge in [-0.15, -0.1) is 0 Å². The van der Waals surface area contributed by atoms with E-state index < -0.39 is 0 Å². The van der Waals surface area contributed by atoms with Gasteiger partial charge in [-0.05, 0) is 42.2 Å². The molecule has 7 nitrogen and oxygen atoms in total. The van der Waals surface area contributed by atoms with Crippen LogP contribution in [0, 0.1) is 11.8 Å². The molecule has 0 aromatic heterocycles. The highest BCUT2D eigenvalue weighted by atomic mass is 32.1. The molecule has 0 amide bonds. The van der Waals surface area contributed by atoms with Crippen molar-refractivity contribution in [3.63, 3.8) is 0 Å².